The van der Waals surface area contributed by atoms with Crippen molar-refractivity contribution in [2.75, 3.05) is 20.1 Å². The SMILES string of the molecule is CNC(=O)C(C)(C)CNCCC(C)O. The molecule has 0 aliphatic carbocycles. The van der Waals surface area contributed by atoms with Crippen LogP contribution >= 0.6 is 0 Å². The third-order valence-corrected chi connectivity index (χ3v) is 2.15. The number of carbonyl (C=O) groups excluding carboxylic acids is 1. The molecule has 0 saturated heterocycles. The molecular formula is C10H22N2O2. The molecule has 0 saturated carbocycles. The van der Waals surface area contributed by atoms with E-state index in [2.05, 4.69) is 10.6 Å². The van der Waals surface area contributed by atoms with E-state index in [4.69, 9.17) is 5.11 Å². The summed E-state index contributed by atoms with van der Waals surface area (Å²) in [5, 5.41) is 14.8. The Morgan fingerprint density at radius 3 is 2.50 bits per heavy atom. The molecule has 0 radical (unpaired) electrons. The van der Waals surface area contributed by atoms with Crippen LogP contribution in [0, 0.1) is 5.41 Å². The van der Waals surface area contributed by atoms with Gasteiger partial charge >= 0.3 is 0 Å². The lowest BCUT2D eigenvalue weighted by molar-refractivity contribution is -0.128. The number of hydrogen-bond acceptors (Lipinski definition) is 3. The Morgan fingerprint density at radius 1 is 1.50 bits per heavy atom. The first-order valence-corrected chi connectivity index (χ1v) is 5.01. The summed E-state index contributed by atoms with van der Waals surface area (Å²) >= 11 is 0. The molecule has 4 nitrogen and oxygen atoms in total. The highest BCUT2D eigenvalue weighted by Gasteiger charge is 2.25. The van der Waals surface area contributed by atoms with Gasteiger partial charge in [-0.25, -0.2) is 0 Å². The highest BCUT2D eigenvalue weighted by molar-refractivity contribution is 5.81. The van der Waals surface area contributed by atoms with Gasteiger partial charge in [-0.15, -0.1) is 0 Å². The van der Waals surface area contributed by atoms with Crippen molar-refractivity contribution in [2.45, 2.75) is 33.3 Å². The molecule has 1 atom stereocenters. The van der Waals surface area contributed by atoms with Crippen molar-refractivity contribution in [1.29, 1.82) is 0 Å². The third-order valence-electron chi connectivity index (χ3n) is 2.15. The second-order valence-electron chi connectivity index (χ2n) is 4.28. The van der Waals surface area contributed by atoms with Crippen LogP contribution in [0.2, 0.25) is 0 Å². The monoisotopic (exact) mass is 202 g/mol. The van der Waals surface area contributed by atoms with E-state index < -0.39 is 5.41 Å². The molecular weight excluding hydrogens is 180 g/mol. The molecule has 0 rings (SSSR count). The molecule has 0 heterocycles. The molecule has 0 spiro atoms. The fourth-order valence-electron chi connectivity index (χ4n) is 1.13. The number of aliphatic hydroxyl groups is 1. The maximum Gasteiger partial charge on any atom is 0.226 e. The van der Waals surface area contributed by atoms with Crippen LogP contribution in [0.1, 0.15) is 27.2 Å². The lowest BCUT2D eigenvalue weighted by Crippen LogP contribution is -2.42. The van der Waals surface area contributed by atoms with Crippen molar-refractivity contribution in [3.8, 4) is 0 Å². The van der Waals surface area contributed by atoms with Gasteiger partial charge in [0.1, 0.15) is 0 Å². The van der Waals surface area contributed by atoms with Crippen molar-refractivity contribution in [2.24, 2.45) is 5.41 Å². The Balaban J connectivity index is 3.71. The van der Waals surface area contributed by atoms with Crippen LogP contribution in [0.3, 0.4) is 0 Å². The Kier molecular flexibility index (Phi) is 5.72. The molecule has 0 aliphatic heterocycles. The molecule has 3 N–H and O–H groups in total. The van der Waals surface area contributed by atoms with Gasteiger partial charge in [-0.1, -0.05) is 0 Å². The lowest BCUT2D eigenvalue weighted by Gasteiger charge is -2.23. The Morgan fingerprint density at radius 2 is 2.07 bits per heavy atom. The predicted octanol–water partition coefficient (Wildman–Crippen LogP) is 0.119. The van der Waals surface area contributed by atoms with Gasteiger partial charge in [-0.2, -0.15) is 0 Å². The van der Waals surface area contributed by atoms with Crippen LogP contribution in [-0.4, -0.2) is 37.3 Å². The van der Waals surface area contributed by atoms with Gasteiger partial charge in [0.15, 0.2) is 0 Å². The van der Waals surface area contributed by atoms with Crippen LogP contribution in [0.15, 0.2) is 0 Å². The molecule has 0 aromatic rings. The normalized spacial score (nSPS) is 13.8. The Bertz CT molecular complexity index is 179. The summed E-state index contributed by atoms with van der Waals surface area (Å²) in [5.74, 6) is 0.0297. The van der Waals surface area contributed by atoms with Crippen molar-refractivity contribution in [1.82, 2.24) is 10.6 Å². The molecule has 1 unspecified atom stereocenters. The van der Waals surface area contributed by atoms with E-state index in [1.165, 1.54) is 0 Å². The average molecular weight is 202 g/mol. The lowest BCUT2D eigenvalue weighted by atomic mass is 9.92. The summed E-state index contributed by atoms with van der Waals surface area (Å²) in [7, 11) is 1.64. The standard InChI is InChI=1S/C10H22N2O2/c1-8(13)5-6-12-7-10(2,3)9(14)11-4/h8,12-13H,5-7H2,1-4H3,(H,11,14). The largest absolute Gasteiger partial charge is 0.393 e. The third kappa shape index (κ3) is 5.19. The smallest absolute Gasteiger partial charge is 0.226 e. The fourth-order valence-corrected chi connectivity index (χ4v) is 1.13. The zero-order chi connectivity index (χ0) is 11.2. The van der Waals surface area contributed by atoms with Gasteiger partial charge in [0, 0.05) is 13.6 Å². The van der Waals surface area contributed by atoms with Crippen LogP contribution in [0.5, 0.6) is 0 Å². The van der Waals surface area contributed by atoms with Crippen LogP contribution in [0.4, 0.5) is 0 Å². The molecule has 4 heteroatoms. The van der Waals surface area contributed by atoms with E-state index >= 15 is 0 Å². The minimum absolute atomic E-state index is 0.0297. The van der Waals surface area contributed by atoms with Crippen LogP contribution in [-0.2, 0) is 4.79 Å². The number of hydrogen-bond donors (Lipinski definition) is 3. The number of rotatable bonds is 6. The van der Waals surface area contributed by atoms with E-state index in [0.29, 0.717) is 13.0 Å². The molecule has 14 heavy (non-hydrogen) atoms. The first-order chi connectivity index (χ1) is 6.40. The van der Waals surface area contributed by atoms with Gasteiger partial charge in [0.25, 0.3) is 0 Å². The summed E-state index contributed by atoms with van der Waals surface area (Å²) in [5.41, 5.74) is -0.395. The molecule has 0 bridgehead atoms. The van der Waals surface area contributed by atoms with Crippen molar-refractivity contribution >= 4 is 5.91 Å². The van der Waals surface area contributed by atoms with Crippen molar-refractivity contribution in [3.63, 3.8) is 0 Å². The number of nitrogens with one attached hydrogen (secondary N) is 2. The highest BCUT2D eigenvalue weighted by atomic mass is 16.3. The van der Waals surface area contributed by atoms with Gasteiger partial charge in [0.2, 0.25) is 5.91 Å². The minimum Gasteiger partial charge on any atom is -0.393 e. The quantitative estimate of drug-likeness (QED) is 0.536. The van der Waals surface area contributed by atoms with E-state index in [1.807, 2.05) is 13.8 Å². The highest BCUT2D eigenvalue weighted by Crippen LogP contribution is 2.12. The molecule has 0 fully saturated rings. The second kappa shape index (κ2) is 5.98. The molecule has 0 aromatic carbocycles. The average Bonchev–Trinajstić information content (AvgIpc) is 2.10. The first-order valence-electron chi connectivity index (χ1n) is 5.01. The molecule has 84 valence electrons. The van der Waals surface area contributed by atoms with Gasteiger partial charge < -0.3 is 15.7 Å². The first kappa shape index (κ1) is 13.4. The summed E-state index contributed by atoms with van der Waals surface area (Å²) < 4.78 is 0. The predicted molar refractivity (Wildman–Crippen MR) is 57.0 cm³/mol. The minimum atomic E-state index is -0.395. The maximum atomic E-state index is 11.4. The number of carbonyl (C=O) groups is 1. The van der Waals surface area contributed by atoms with Crippen molar-refractivity contribution < 1.29 is 9.90 Å². The van der Waals surface area contributed by atoms with Gasteiger partial charge in [-0.05, 0) is 33.7 Å². The van der Waals surface area contributed by atoms with Crippen LogP contribution in [0.25, 0.3) is 0 Å². The Labute approximate surface area is 86.1 Å². The maximum absolute atomic E-state index is 11.4. The van der Waals surface area contributed by atoms with Gasteiger partial charge in [-0.3, -0.25) is 4.79 Å². The van der Waals surface area contributed by atoms with E-state index in [0.717, 1.165) is 6.54 Å². The van der Waals surface area contributed by atoms with E-state index in [1.54, 1.807) is 14.0 Å². The summed E-state index contributed by atoms with van der Waals surface area (Å²) in [6, 6.07) is 0. The zero-order valence-electron chi connectivity index (χ0n) is 9.55. The molecule has 1 amide bonds. The summed E-state index contributed by atoms with van der Waals surface area (Å²) in [4.78, 5) is 11.4. The summed E-state index contributed by atoms with van der Waals surface area (Å²) in [6.07, 6.45) is 0.426. The van der Waals surface area contributed by atoms with Gasteiger partial charge in [0.05, 0.1) is 11.5 Å². The summed E-state index contributed by atoms with van der Waals surface area (Å²) in [6.45, 7) is 6.89. The van der Waals surface area contributed by atoms with E-state index in [9.17, 15) is 4.79 Å². The number of aliphatic hydroxyl groups excluding tert-OH is 1. The van der Waals surface area contributed by atoms with E-state index in [-0.39, 0.29) is 12.0 Å². The topological polar surface area (TPSA) is 61.4 Å². The zero-order valence-corrected chi connectivity index (χ0v) is 9.55. The second-order valence-corrected chi connectivity index (χ2v) is 4.28. The molecule has 0 aliphatic rings. The van der Waals surface area contributed by atoms with Crippen LogP contribution < -0.4 is 10.6 Å². The number of amides is 1. The molecule has 0 aromatic heterocycles. The Hall–Kier alpha value is -0.610. The fraction of sp³-hybridized carbons (Fsp3) is 0.900. The van der Waals surface area contributed by atoms with Crippen molar-refractivity contribution in [3.05, 3.63) is 0 Å².